The fraction of sp³-hybridized carbons (Fsp3) is 0.467. The maximum Gasteiger partial charge on any atom is 0.254 e. The number of aryl methyl sites for hydroxylation is 1. The van der Waals surface area contributed by atoms with Crippen molar-refractivity contribution < 1.29 is 14.3 Å². The van der Waals surface area contributed by atoms with Crippen LogP contribution < -0.4 is 11.1 Å². The maximum absolute atomic E-state index is 12.7. The van der Waals surface area contributed by atoms with Gasteiger partial charge in [0, 0.05) is 24.3 Å². The predicted molar refractivity (Wildman–Crippen MR) is 79.9 cm³/mol. The molecule has 6 nitrogen and oxygen atoms in total. The number of anilines is 1. The van der Waals surface area contributed by atoms with Gasteiger partial charge in [-0.2, -0.15) is 0 Å². The van der Waals surface area contributed by atoms with Crippen molar-refractivity contribution in [2.24, 2.45) is 0 Å². The number of morpholine rings is 1. The van der Waals surface area contributed by atoms with Crippen LogP contribution >= 0.6 is 0 Å². The van der Waals surface area contributed by atoms with E-state index in [1.54, 1.807) is 23.1 Å². The highest BCUT2D eigenvalue weighted by Gasteiger charge is 2.33. The first kappa shape index (κ1) is 15.3. The van der Waals surface area contributed by atoms with E-state index < -0.39 is 6.04 Å². The van der Waals surface area contributed by atoms with Crippen molar-refractivity contribution in [1.82, 2.24) is 10.2 Å². The van der Waals surface area contributed by atoms with Gasteiger partial charge in [0.15, 0.2) is 0 Å². The third-order valence-electron chi connectivity index (χ3n) is 3.52. The summed E-state index contributed by atoms with van der Waals surface area (Å²) in [4.78, 5) is 26.4. The Morgan fingerprint density at radius 3 is 2.90 bits per heavy atom. The van der Waals surface area contributed by atoms with E-state index in [-0.39, 0.29) is 18.4 Å². The van der Waals surface area contributed by atoms with Crippen LogP contribution in [0.1, 0.15) is 22.8 Å². The number of rotatable bonds is 3. The third kappa shape index (κ3) is 3.33. The largest absolute Gasteiger partial charge is 0.399 e. The molecule has 1 atom stereocenters. The van der Waals surface area contributed by atoms with Crippen LogP contribution in [0, 0.1) is 6.92 Å². The Bertz CT molecular complexity index is 545. The summed E-state index contributed by atoms with van der Waals surface area (Å²) in [5.74, 6) is -0.342. The van der Waals surface area contributed by atoms with Gasteiger partial charge in [0.25, 0.3) is 5.91 Å². The molecule has 1 aromatic rings. The smallest absolute Gasteiger partial charge is 0.254 e. The molecule has 1 aliphatic rings. The van der Waals surface area contributed by atoms with Gasteiger partial charge in [0.05, 0.1) is 13.2 Å². The summed E-state index contributed by atoms with van der Waals surface area (Å²) in [5, 5.41) is 2.74. The van der Waals surface area contributed by atoms with Crippen molar-refractivity contribution in [2.75, 3.05) is 32.0 Å². The molecule has 2 amide bonds. The lowest BCUT2D eigenvalue weighted by Crippen LogP contribution is -2.56. The minimum atomic E-state index is -0.580. The highest BCUT2D eigenvalue weighted by atomic mass is 16.5. The number of amides is 2. The summed E-state index contributed by atoms with van der Waals surface area (Å²) in [5.41, 5.74) is 7.71. The zero-order valence-corrected chi connectivity index (χ0v) is 12.4. The van der Waals surface area contributed by atoms with Crippen molar-refractivity contribution in [3.63, 3.8) is 0 Å². The fourth-order valence-corrected chi connectivity index (χ4v) is 2.44. The summed E-state index contributed by atoms with van der Waals surface area (Å²) in [6.07, 6.45) is 0. The van der Waals surface area contributed by atoms with Crippen LogP contribution in [0.15, 0.2) is 18.2 Å². The first-order valence-corrected chi connectivity index (χ1v) is 7.07. The van der Waals surface area contributed by atoms with E-state index in [0.29, 0.717) is 30.9 Å². The van der Waals surface area contributed by atoms with Gasteiger partial charge in [-0.05, 0) is 37.6 Å². The normalized spacial score (nSPS) is 18.4. The number of hydrogen-bond acceptors (Lipinski definition) is 4. The van der Waals surface area contributed by atoms with E-state index in [1.165, 1.54) is 0 Å². The van der Waals surface area contributed by atoms with Gasteiger partial charge in [-0.15, -0.1) is 0 Å². The molecule has 3 N–H and O–H groups in total. The first-order valence-electron chi connectivity index (χ1n) is 7.07. The zero-order valence-electron chi connectivity index (χ0n) is 12.4. The molecule has 114 valence electrons. The van der Waals surface area contributed by atoms with Crippen LogP contribution in [0.5, 0.6) is 0 Å². The summed E-state index contributed by atoms with van der Waals surface area (Å²) in [6.45, 7) is 5.28. The number of carbonyl (C=O) groups is 2. The average Bonchev–Trinajstić information content (AvgIpc) is 2.47. The summed E-state index contributed by atoms with van der Waals surface area (Å²) in [6, 6.07) is 4.58. The molecule has 21 heavy (non-hydrogen) atoms. The number of nitrogens with one attached hydrogen (secondary N) is 1. The molecule has 0 aromatic heterocycles. The van der Waals surface area contributed by atoms with E-state index in [0.717, 1.165) is 5.56 Å². The number of benzene rings is 1. The van der Waals surface area contributed by atoms with E-state index >= 15 is 0 Å². The maximum atomic E-state index is 12.7. The SMILES string of the molecule is CCNC(=O)C1COCCN1C(=O)c1ccc(N)cc1C. The van der Waals surface area contributed by atoms with Crippen molar-refractivity contribution >= 4 is 17.5 Å². The standard InChI is InChI=1S/C15H21N3O3/c1-3-17-14(19)13-9-21-7-6-18(13)15(20)12-5-4-11(16)8-10(12)2/h4-5,8,13H,3,6-7,9,16H2,1-2H3,(H,17,19). The molecule has 0 radical (unpaired) electrons. The van der Waals surface area contributed by atoms with Crippen molar-refractivity contribution in [2.45, 2.75) is 19.9 Å². The molecule has 1 aliphatic heterocycles. The van der Waals surface area contributed by atoms with E-state index in [1.807, 2.05) is 13.8 Å². The lowest BCUT2D eigenvalue weighted by atomic mass is 10.0. The minimum Gasteiger partial charge on any atom is -0.399 e. The van der Waals surface area contributed by atoms with Crippen LogP contribution in [-0.2, 0) is 9.53 Å². The number of carbonyl (C=O) groups excluding carboxylic acids is 2. The highest BCUT2D eigenvalue weighted by molar-refractivity contribution is 5.99. The predicted octanol–water partition coefficient (Wildman–Crippen LogP) is 0.554. The Labute approximate surface area is 124 Å². The second-order valence-electron chi connectivity index (χ2n) is 5.06. The molecule has 1 saturated heterocycles. The Balaban J connectivity index is 2.24. The third-order valence-corrected chi connectivity index (χ3v) is 3.52. The fourth-order valence-electron chi connectivity index (χ4n) is 2.44. The van der Waals surface area contributed by atoms with Crippen molar-refractivity contribution in [3.05, 3.63) is 29.3 Å². The molecular weight excluding hydrogens is 270 g/mol. The summed E-state index contributed by atoms with van der Waals surface area (Å²) >= 11 is 0. The number of ether oxygens (including phenoxy) is 1. The van der Waals surface area contributed by atoms with Crippen LogP contribution in [0.4, 0.5) is 5.69 Å². The molecule has 1 fully saturated rings. The molecule has 0 aliphatic carbocycles. The highest BCUT2D eigenvalue weighted by Crippen LogP contribution is 2.18. The molecule has 0 bridgehead atoms. The lowest BCUT2D eigenvalue weighted by molar-refractivity contribution is -0.130. The van der Waals surface area contributed by atoms with Gasteiger partial charge in [-0.25, -0.2) is 0 Å². The number of likely N-dealkylation sites (N-methyl/N-ethyl adjacent to an activating group) is 1. The van der Waals surface area contributed by atoms with E-state index in [4.69, 9.17) is 10.5 Å². The lowest BCUT2D eigenvalue weighted by Gasteiger charge is -2.34. The first-order chi connectivity index (χ1) is 10.0. The van der Waals surface area contributed by atoms with Gasteiger partial charge in [0.2, 0.25) is 5.91 Å². The van der Waals surface area contributed by atoms with E-state index in [2.05, 4.69) is 5.32 Å². The Kier molecular flexibility index (Phi) is 4.80. The monoisotopic (exact) mass is 291 g/mol. The Hall–Kier alpha value is -2.08. The molecule has 1 unspecified atom stereocenters. The Morgan fingerprint density at radius 2 is 2.24 bits per heavy atom. The second kappa shape index (κ2) is 6.58. The molecular formula is C15H21N3O3. The summed E-state index contributed by atoms with van der Waals surface area (Å²) in [7, 11) is 0. The topological polar surface area (TPSA) is 84.7 Å². The number of hydrogen-bond donors (Lipinski definition) is 2. The minimum absolute atomic E-state index is 0.160. The summed E-state index contributed by atoms with van der Waals surface area (Å²) < 4.78 is 5.34. The molecule has 1 heterocycles. The number of nitrogens with zero attached hydrogens (tertiary/aromatic N) is 1. The van der Waals surface area contributed by atoms with Crippen molar-refractivity contribution in [1.29, 1.82) is 0 Å². The van der Waals surface area contributed by atoms with Gasteiger partial charge < -0.3 is 20.7 Å². The zero-order chi connectivity index (χ0) is 15.4. The second-order valence-corrected chi connectivity index (χ2v) is 5.06. The molecule has 6 heteroatoms. The van der Waals surface area contributed by atoms with Gasteiger partial charge >= 0.3 is 0 Å². The van der Waals surface area contributed by atoms with Crippen molar-refractivity contribution in [3.8, 4) is 0 Å². The van der Waals surface area contributed by atoms with Crippen LogP contribution in [0.3, 0.4) is 0 Å². The van der Waals surface area contributed by atoms with Gasteiger partial charge in [-0.1, -0.05) is 0 Å². The van der Waals surface area contributed by atoms with Crippen LogP contribution in [0.2, 0.25) is 0 Å². The molecule has 0 saturated carbocycles. The van der Waals surface area contributed by atoms with Crippen LogP contribution in [0.25, 0.3) is 0 Å². The molecule has 1 aromatic carbocycles. The number of nitrogen functional groups attached to an aromatic ring is 1. The molecule has 2 rings (SSSR count). The van der Waals surface area contributed by atoms with Crippen LogP contribution in [-0.4, -0.2) is 49.1 Å². The van der Waals surface area contributed by atoms with E-state index in [9.17, 15) is 9.59 Å². The number of nitrogens with two attached hydrogens (primary N) is 1. The Morgan fingerprint density at radius 1 is 1.48 bits per heavy atom. The van der Waals surface area contributed by atoms with Gasteiger partial charge in [0.1, 0.15) is 6.04 Å². The van der Waals surface area contributed by atoms with Gasteiger partial charge in [-0.3, -0.25) is 9.59 Å². The quantitative estimate of drug-likeness (QED) is 0.797. The average molecular weight is 291 g/mol. The molecule has 0 spiro atoms.